The maximum Gasteiger partial charge on any atom is 0.101 e. The summed E-state index contributed by atoms with van der Waals surface area (Å²) in [4.78, 5) is 6.11. The Labute approximate surface area is 121 Å². The maximum absolute atomic E-state index is 9.17. The van der Waals surface area contributed by atoms with Crippen molar-refractivity contribution in [2.75, 3.05) is 18.5 Å². The summed E-state index contributed by atoms with van der Waals surface area (Å²) in [7, 11) is 2.01. The van der Waals surface area contributed by atoms with Gasteiger partial charge in [0.05, 0.1) is 11.3 Å². The minimum atomic E-state index is 0.687. The first-order valence-corrected chi connectivity index (χ1v) is 6.79. The van der Waals surface area contributed by atoms with Gasteiger partial charge in [0, 0.05) is 30.5 Å². The lowest BCUT2D eigenvalue weighted by Crippen LogP contribution is -2.21. The molecule has 0 aliphatic rings. The molecule has 0 fully saturated rings. The molecule has 2 aromatic rings. The fourth-order valence-corrected chi connectivity index (χ4v) is 2.26. The van der Waals surface area contributed by atoms with Crippen LogP contribution in [0.3, 0.4) is 0 Å². The van der Waals surface area contributed by atoms with E-state index < -0.39 is 0 Å². The summed E-state index contributed by atoms with van der Waals surface area (Å²) < 4.78 is 0.926. The second kappa shape index (κ2) is 6.35. The highest BCUT2D eigenvalue weighted by Crippen LogP contribution is 2.23. The van der Waals surface area contributed by atoms with E-state index >= 15 is 0 Å². The molecule has 0 saturated heterocycles. The first kappa shape index (κ1) is 13.6. The maximum atomic E-state index is 9.17. The minimum absolute atomic E-state index is 0.687. The monoisotopic (exact) mass is 315 g/mol. The third-order valence-electron chi connectivity index (χ3n) is 2.98. The molecule has 19 heavy (non-hydrogen) atoms. The summed E-state index contributed by atoms with van der Waals surface area (Å²) in [6, 6.07) is 12.0. The van der Waals surface area contributed by atoms with Crippen LogP contribution in [-0.2, 0) is 6.42 Å². The van der Waals surface area contributed by atoms with Gasteiger partial charge in [-0.05, 0) is 42.3 Å². The van der Waals surface area contributed by atoms with E-state index in [4.69, 9.17) is 0 Å². The van der Waals surface area contributed by atoms with Gasteiger partial charge in [0.2, 0.25) is 0 Å². The van der Waals surface area contributed by atoms with E-state index in [1.54, 1.807) is 12.4 Å². The molecule has 3 nitrogen and oxygen atoms in total. The molecule has 0 radical (unpaired) electrons. The Morgan fingerprint density at radius 3 is 2.68 bits per heavy atom. The molecule has 0 atom stereocenters. The number of nitrogens with zero attached hydrogens (tertiary/aromatic N) is 3. The van der Waals surface area contributed by atoms with Crippen LogP contribution in [0.5, 0.6) is 0 Å². The molecule has 0 bridgehead atoms. The predicted molar refractivity (Wildman–Crippen MR) is 80.1 cm³/mol. The summed E-state index contributed by atoms with van der Waals surface area (Å²) >= 11 is 3.39. The zero-order valence-electron chi connectivity index (χ0n) is 10.7. The predicted octanol–water partition coefficient (Wildman–Crippen LogP) is 3.39. The number of pyridine rings is 1. The fraction of sp³-hybridized carbons (Fsp3) is 0.200. The molecule has 0 saturated carbocycles. The normalized spacial score (nSPS) is 9.95. The Morgan fingerprint density at radius 1 is 1.26 bits per heavy atom. The number of hydrogen-bond donors (Lipinski definition) is 0. The second-order valence-corrected chi connectivity index (χ2v) is 5.22. The molecule has 2 rings (SSSR count). The van der Waals surface area contributed by atoms with Gasteiger partial charge in [0.1, 0.15) is 6.07 Å². The summed E-state index contributed by atoms with van der Waals surface area (Å²) in [5, 5.41) is 9.17. The number of benzene rings is 1. The number of halogens is 1. The number of nitriles is 1. The quantitative estimate of drug-likeness (QED) is 0.868. The molecule has 1 aromatic heterocycles. The van der Waals surface area contributed by atoms with Crippen LogP contribution >= 0.6 is 15.9 Å². The van der Waals surface area contributed by atoms with Gasteiger partial charge in [-0.1, -0.05) is 15.9 Å². The highest BCUT2D eigenvalue weighted by Gasteiger charge is 2.07. The van der Waals surface area contributed by atoms with Gasteiger partial charge < -0.3 is 4.90 Å². The Balaban J connectivity index is 2.08. The van der Waals surface area contributed by atoms with Gasteiger partial charge in [-0.15, -0.1) is 0 Å². The summed E-state index contributed by atoms with van der Waals surface area (Å²) in [6.07, 6.45) is 4.53. The number of aromatic nitrogens is 1. The van der Waals surface area contributed by atoms with Gasteiger partial charge in [0.15, 0.2) is 0 Å². The minimum Gasteiger partial charge on any atom is -0.373 e. The van der Waals surface area contributed by atoms with Crippen molar-refractivity contribution in [2.24, 2.45) is 0 Å². The van der Waals surface area contributed by atoms with Crippen LogP contribution in [0.4, 0.5) is 5.69 Å². The van der Waals surface area contributed by atoms with Gasteiger partial charge in [0.25, 0.3) is 0 Å². The van der Waals surface area contributed by atoms with Crippen LogP contribution in [0.15, 0.2) is 47.2 Å². The Morgan fingerprint density at radius 2 is 2.00 bits per heavy atom. The molecule has 1 aromatic carbocycles. The van der Waals surface area contributed by atoms with Gasteiger partial charge in [-0.3, -0.25) is 4.98 Å². The number of hydrogen-bond acceptors (Lipinski definition) is 3. The van der Waals surface area contributed by atoms with Gasteiger partial charge >= 0.3 is 0 Å². The average Bonchev–Trinajstić information content (AvgIpc) is 2.45. The smallest absolute Gasteiger partial charge is 0.101 e. The first-order valence-electron chi connectivity index (χ1n) is 6.00. The van der Waals surface area contributed by atoms with Crippen molar-refractivity contribution in [1.82, 2.24) is 4.98 Å². The highest BCUT2D eigenvalue weighted by molar-refractivity contribution is 9.10. The zero-order chi connectivity index (χ0) is 13.7. The lowest BCUT2D eigenvalue weighted by Gasteiger charge is -2.20. The molecule has 0 amide bonds. The molecule has 0 unspecified atom stereocenters. The van der Waals surface area contributed by atoms with Crippen molar-refractivity contribution in [2.45, 2.75) is 6.42 Å². The van der Waals surface area contributed by atoms with Crippen molar-refractivity contribution in [3.8, 4) is 6.07 Å². The zero-order valence-corrected chi connectivity index (χ0v) is 12.3. The highest BCUT2D eigenvalue weighted by atomic mass is 79.9. The van der Waals surface area contributed by atoms with Crippen LogP contribution in [0.2, 0.25) is 0 Å². The molecular formula is C15H14BrN3. The standard InChI is InChI=1S/C15H14BrN3/c1-19(9-6-12-4-7-18-8-5-12)15-3-2-14(16)10-13(15)11-17/h2-5,7-8,10H,6,9H2,1H3. The van der Waals surface area contributed by atoms with E-state index in [0.29, 0.717) is 5.56 Å². The van der Waals surface area contributed by atoms with Gasteiger partial charge in [-0.25, -0.2) is 0 Å². The average molecular weight is 316 g/mol. The van der Waals surface area contributed by atoms with Crippen LogP contribution < -0.4 is 4.90 Å². The Kier molecular flexibility index (Phi) is 4.53. The summed E-state index contributed by atoms with van der Waals surface area (Å²) in [5.74, 6) is 0. The van der Waals surface area contributed by atoms with E-state index in [0.717, 1.165) is 23.1 Å². The van der Waals surface area contributed by atoms with Crippen molar-refractivity contribution >= 4 is 21.6 Å². The number of rotatable bonds is 4. The third kappa shape index (κ3) is 3.55. The molecule has 0 aliphatic heterocycles. The molecular weight excluding hydrogens is 302 g/mol. The molecule has 1 heterocycles. The Hall–Kier alpha value is -1.86. The van der Waals surface area contributed by atoms with Crippen LogP contribution in [0.1, 0.15) is 11.1 Å². The van der Waals surface area contributed by atoms with E-state index in [9.17, 15) is 5.26 Å². The van der Waals surface area contributed by atoms with Gasteiger partial charge in [-0.2, -0.15) is 5.26 Å². The fourth-order valence-electron chi connectivity index (χ4n) is 1.90. The lowest BCUT2D eigenvalue weighted by molar-refractivity contribution is 0.873. The lowest BCUT2D eigenvalue weighted by atomic mass is 10.1. The van der Waals surface area contributed by atoms with E-state index in [2.05, 4.69) is 31.9 Å². The number of anilines is 1. The van der Waals surface area contributed by atoms with Crippen molar-refractivity contribution < 1.29 is 0 Å². The van der Waals surface area contributed by atoms with E-state index in [1.807, 2.05) is 37.4 Å². The first-order chi connectivity index (χ1) is 9.20. The van der Waals surface area contributed by atoms with Crippen molar-refractivity contribution in [1.29, 1.82) is 5.26 Å². The van der Waals surface area contributed by atoms with E-state index in [-0.39, 0.29) is 0 Å². The molecule has 96 valence electrons. The molecule has 0 spiro atoms. The van der Waals surface area contributed by atoms with Crippen molar-refractivity contribution in [3.05, 3.63) is 58.3 Å². The Bertz CT molecular complexity index is 590. The van der Waals surface area contributed by atoms with E-state index in [1.165, 1.54) is 5.56 Å². The largest absolute Gasteiger partial charge is 0.373 e. The SMILES string of the molecule is CN(CCc1ccncc1)c1ccc(Br)cc1C#N. The van der Waals surface area contributed by atoms with Crippen LogP contribution in [-0.4, -0.2) is 18.6 Å². The molecule has 0 N–H and O–H groups in total. The second-order valence-electron chi connectivity index (χ2n) is 4.30. The number of likely N-dealkylation sites (N-methyl/N-ethyl adjacent to an activating group) is 1. The summed E-state index contributed by atoms with van der Waals surface area (Å²) in [6.45, 7) is 0.861. The van der Waals surface area contributed by atoms with Crippen molar-refractivity contribution in [3.63, 3.8) is 0 Å². The molecule has 4 heteroatoms. The molecule has 0 aliphatic carbocycles. The van der Waals surface area contributed by atoms with Crippen LogP contribution in [0, 0.1) is 11.3 Å². The topological polar surface area (TPSA) is 39.9 Å². The summed E-state index contributed by atoms with van der Waals surface area (Å²) in [5.41, 5.74) is 2.89. The van der Waals surface area contributed by atoms with Crippen LogP contribution in [0.25, 0.3) is 0 Å². The third-order valence-corrected chi connectivity index (χ3v) is 3.47.